The van der Waals surface area contributed by atoms with Crippen LogP contribution in [-0.2, 0) is 10.3 Å². The van der Waals surface area contributed by atoms with Crippen LogP contribution in [0.15, 0.2) is 95.9 Å². The summed E-state index contributed by atoms with van der Waals surface area (Å²) < 4.78 is 32.7. The molecule has 0 radical (unpaired) electrons. The number of aromatic nitrogens is 2. The van der Waals surface area contributed by atoms with Crippen LogP contribution in [0.25, 0.3) is 0 Å². The molecule has 3 N–H and O–H groups in total. The smallest absolute Gasteiger partial charge is 0.351 e. The standard InChI is InChI=1S/C32H30FN3O6/c1-4-31(33)28(38)26(20-37)42-29(31)36-19-18-27(34-30(36)39)35-32(21-8-6-5-7-9-21,22-10-14-24(40-2)15-11-22)23-12-16-25(41-3)17-13-23/h1,5-19,26,28-29,37-38H,20H2,2-3H3,(H,34,35,39)/t26-,28-,29+,31-/m1/s1. The van der Waals surface area contributed by atoms with Crippen LogP contribution in [0.5, 0.6) is 11.5 Å². The average molecular weight is 572 g/mol. The zero-order valence-corrected chi connectivity index (χ0v) is 23.0. The lowest BCUT2D eigenvalue weighted by atomic mass is 9.77. The van der Waals surface area contributed by atoms with Crippen LogP contribution in [0.3, 0.4) is 0 Å². The number of nitrogens with zero attached hydrogens (tertiary/aromatic N) is 2. The van der Waals surface area contributed by atoms with Crippen LogP contribution in [0.1, 0.15) is 22.9 Å². The van der Waals surface area contributed by atoms with Crippen molar-refractivity contribution in [3.8, 4) is 23.8 Å². The summed E-state index contributed by atoms with van der Waals surface area (Å²) in [5.41, 5.74) is -2.22. The summed E-state index contributed by atoms with van der Waals surface area (Å²) in [5, 5.41) is 23.3. The molecule has 1 aromatic heterocycles. The number of alkyl halides is 1. The molecule has 1 saturated heterocycles. The van der Waals surface area contributed by atoms with E-state index in [1.807, 2.05) is 84.8 Å². The van der Waals surface area contributed by atoms with Gasteiger partial charge in [-0.1, -0.05) is 60.5 Å². The van der Waals surface area contributed by atoms with Crippen LogP contribution in [0, 0.1) is 12.3 Å². The second-order valence-electron chi connectivity index (χ2n) is 9.77. The SMILES string of the molecule is C#C[C@@]1(F)[C@H](O)[C@@H](CO)O[C@@H]1n1ccc(NC(c2ccccc2)(c2ccc(OC)cc2)c2ccc(OC)cc2)nc1=O. The third-order valence-electron chi connectivity index (χ3n) is 7.50. The first-order valence-corrected chi connectivity index (χ1v) is 13.1. The summed E-state index contributed by atoms with van der Waals surface area (Å²) in [6.07, 6.45) is 1.85. The molecule has 0 bridgehead atoms. The molecule has 4 aromatic rings. The van der Waals surface area contributed by atoms with Gasteiger partial charge < -0.3 is 29.7 Å². The highest BCUT2D eigenvalue weighted by molar-refractivity contribution is 5.59. The molecule has 42 heavy (non-hydrogen) atoms. The maximum atomic E-state index is 15.6. The molecule has 1 aliphatic heterocycles. The lowest BCUT2D eigenvalue weighted by Crippen LogP contribution is -2.44. The summed E-state index contributed by atoms with van der Waals surface area (Å²) in [6, 6.07) is 26.1. The van der Waals surface area contributed by atoms with Crippen molar-refractivity contribution >= 4 is 5.82 Å². The van der Waals surface area contributed by atoms with Gasteiger partial charge in [0, 0.05) is 6.20 Å². The molecular formula is C32H30FN3O6. The summed E-state index contributed by atoms with van der Waals surface area (Å²) in [4.78, 5) is 17.5. The van der Waals surface area contributed by atoms with Crippen LogP contribution in [0.2, 0.25) is 0 Å². The largest absolute Gasteiger partial charge is 0.497 e. The van der Waals surface area contributed by atoms with E-state index in [4.69, 9.17) is 20.6 Å². The molecule has 0 aliphatic carbocycles. The van der Waals surface area contributed by atoms with Crippen molar-refractivity contribution in [3.63, 3.8) is 0 Å². The normalized spacial score (nSPS) is 21.9. The lowest BCUT2D eigenvalue weighted by Gasteiger charge is -2.37. The minimum absolute atomic E-state index is 0.175. The van der Waals surface area contributed by atoms with Crippen molar-refractivity contribution in [3.05, 3.63) is 118 Å². The van der Waals surface area contributed by atoms with Gasteiger partial charge in [0.15, 0.2) is 6.23 Å². The van der Waals surface area contributed by atoms with Crippen molar-refractivity contribution in [1.29, 1.82) is 0 Å². The molecule has 4 atom stereocenters. The van der Waals surface area contributed by atoms with Crippen molar-refractivity contribution in [2.24, 2.45) is 0 Å². The van der Waals surface area contributed by atoms with Crippen LogP contribution >= 0.6 is 0 Å². The molecule has 9 nitrogen and oxygen atoms in total. The molecule has 5 rings (SSSR count). The van der Waals surface area contributed by atoms with Gasteiger partial charge in [-0.05, 0) is 47.0 Å². The Morgan fingerprint density at radius 2 is 1.55 bits per heavy atom. The molecule has 0 unspecified atom stereocenters. The number of ether oxygens (including phenoxy) is 3. The molecular weight excluding hydrogens is 541 g/mol. The van der Waals surface area contributed by atoms with E-state index in [1.165, 1.54) is 12.3 Å². The number of nitrogens with one attached hydrogen (secondary N) is 1. The van der Waals surface area contributed by atoms with E-state index in [9.17, 15) is 15.0 Å². The Morgan fingerprint density at radius 3 is 2.02 bits per heavy atom. The Kier molecular flexibility index (Phi) is 8.00. The summed E-state index contributed by atoms with van der Waals surface area (Å²) in [6.45, 7) is -0.684. The minimum Gasteiger partial charge on any atom is -0.497 e. The fraction of sp³-hybridized carbons (Fsp3) is 0.250. The van der Waals surface area contributed by atoms with Gasteiger partial charge >= 0.3 is 5.69 Å². The highest BCUT2D eigenvalue weighted by Crippen LogP contribution is 2.42. The number of aliphatic hydroxyl groups is 2. The van der Waals surface area contributed by atoms with Gasteiger partial charge in [0.25, 0.3) is 0 Å². The van der Waals surface area contributed by atoms with Crippen LogP contribution in [-0.4, -0.2) is 58.5 Å². The van der Waals surface area contributed by atoms with Gasteiger partial charge in [0.1, 0.15) is 35.1 Å². The third-order valence-corrected chi connectivity index (χ3v) is 7.50. The fourth-order valence-corrected chi connectivity index (χ4v) is 5.26. The summed E-state index contributed by atoms with van der Waals surface area (Å²) in [5.74, 6) is 3.40. The molecule has 216 valence electrons. The quantitative estimate of drug-likeness (QED) is 0.207. The second-order valence-corrected chi connectivity index (χ2v) is 9.77. The van der Waals surface area contributed by atoms with Crippen molar-refractivity contribution in [2.45, 2.75) is 29.6 Å². The first-order valence-electron chi connectivity index (χ1n) is 13.1. The maximum Gasteiger partial charge on any atom is 0.351 e. The second kappa shape index (κ2) is 11.7. The highest BCUT2D eigenvalue weighted by Gasteiger charge is 2.57. The van der Waals surface area contributed by atoms with Crippen LogP contribution in [0.4, 0.5) is 10.2 Å². The van der Waals surface area contributed by atoms with Gasteiger partial charge in [-0.25, -0.2) is 9.18 Å². The Morgan fingerprint density at radius 1 is 1.00 bits per heavy atom. The van der Waals surface area contributed by atoms with Gasteiger partial charge in [0.05, 0.1) is 20.8 Å². The van der Waals surface area contributed by atoms with Crippen molar-refractivity contribution < 1.29 is 28.8 Å². The zero-order valence-electron chi connectivity index (χ0n) is 23.0. The molecule has 0 saturated carbocycles. The van der Waals surface area contributed by atoms with Gasteiger partial charge in [-0.3, -0.25) is 4.57 Å². The third kappa shape index (κ3) is 4.88. The number of hydrogen-bond donors (Lipinski definition) is 3. The average Bonchev–Trinajstić information content (AvgIpc) is 3.30. The Balaban J connectivity index is 1.65. The number of benzene rings is 3. The summed E-state index contributed by atoms with van der Waals surface area (Å²) in [7, 11) is 3.17. The van der Waals surface area contributed by atoms with Crippen molar-refractivity contribution in [1.82, 2.24) is 9.55 Å². The van der Waals surface area contributed by atoms with E-state index < -0.39 is 41.9 Å². The number of methoxy groups -OCH3 is 2. The highest BCUT2D eigenvalue weighted by atomic mass is 19.1. The monoisotopic (exact) mass is 571 g/mol. The summed E-state index contributed by atoms with van der Waals surface area (Å²) >= 11 is 0. The fourth-order valence-electron chi connectivity index (χ4n) is 5.26. The number of rotatable bonds is 9. The zero-order chi connectivity index (χ0) is 29.9. The molecule has 1 aliphatic rings. The predicted octanol–water partition coefficient (Wildman–Crippen LogP) is 3.26. The molecule has 0 spiro atoms. The number of aliphatic hydroxyl groups excluding tert-OH is 2. The predicted molar refractivity (Wildman–Crippen MR) is 154 cm³/mol. The lowest BCUT2D eigenvalue weighted by molar-refractivity contribution is -0.0542. The molecule has 3 aromatic carbocycles. The Hall–Kier alpha value is -4.69. The molecule has 1 fully saturated rings. The van der Waals surface area contributed by atoms with E-state index in [0.717, 1.165) is 21.3 Å². The topological polar surface area (TPSA) is 115 Å². The van der Waals surface area contributed by atoms with Gasteiger partial charge in [-0.15, -0.1) is 6.42 Å². The van der Waals surface area contributed by atoms with E-state index >= 15 is 4.39 Å². The molecule has 10 heteroatoms. The maximum absolute atomic E-state index is 15.6. The van der Waals surface area contributed by atoms with E-state index in [0.29, 0.717) is 11.5 Å². The first-order chi connectivity index (χ1) is 20.3. The van der Waals surface area contributed by atoms with Crippen molar-refractivity contribution in [2.75, 3.05) is 26.1 Å². The number of halogens is 1. The first kappa shape index (κ1) is 28.8. The molecule has 0 amide bonds. The van der Waals surface area contributed by atoms with E-state index in [-0.39, 0.29) is 5.82 Å². The number of terminal acetylenes is 1. The Labute approximate surface area is 242 Å². The van der Waals surface area contributed by atoms with Gasteiger partial charge in [-0.2, -0.15) is 4.98 Å². The number of hydrogen-bond acceptors (Lipinski definition) is 8. The van der Waals surface area contributed by atoms with E-state index in [2.05, 4.69) is 10.3 Å². The minimum atomic E-state index is -2.76. The van der Waals surface area contributed by atoms with Crippen LogP contribution < -0.4 is 20.5 Å². The molecule has 2 heterocycles. The van der Waals surface area contributed by atoms with E-state index in [1.54, 1.807) is 14.2 Å². The van der Waals surface area contributed by atoms with Gasteiger partial charge in [0.2, 0.25) is 5.67 Å². The number of anilines is 1. The Bertz CT molecular complexity index is 1570.